The van der Waals surface area contributed by atoms with Crippen LogP contribution in [0.4, 0.5) is 5.69 Å². The maximum absolute atomic E-state index is 12.8. The first-order valence-electron chi connectivity index (χ1n) is 8.47. The lowest BCUT2D eigenvalue weighted by molar-refractivity contribution is -0.384. The Morgan fingerprint density at radius 3 is 2.44 bits per heavy atom. The number of aryl methyl sites for hydroxylation is 1. The third kappa shape index (κ3) is 3.78. The van der Waals surface area contributed by atoms with E-state index < -0.39 is 28.0 Å². The zero-order valence-electron chi connectivity index (χ0n) is 14.6. The summed E-state index contributed by atoms with van der Waals surface area (Å²) in [5.74, 6) is -1.25. The standard InChI is InChI=1S/C17H18N4O6/c1-10-18-16(20-27-10)17(5-3-2-4-6-17)19-14(22)11-7-12(15(23)24)9-13(8-11)21(25)26/h7-9H,2-6H2,1H3,(H,19,22)(H,23,24). The molecule has 0 atom stereocenters. The summed E-state index contributed by atoms with van der Waals surface area (Å²) >= 11 is 0. The molecule has 0 unspecified atom stereocenters. The molecule has 10 nitrogen and oxygen atoms in total. The van der Waals surface area contributed by atoms with E-state index in [4.69, 9.17) is 9.63 Å². The zero-order valence-corrected chi connectivity index (χ0v) is 14.6. The van der Waals surface area contributed by atoms with Gasteiger partial charge in [-0.3, -0.25) is 14.9 Å². The van der Waals surface area contributed by atoms with Crippen LogP contribution in [-0.4, -0.2) is 32.0 Å². The number of benzene rings is 1. The Morgan fingerprint density at radius 2 is 1.89 bits per heavy atom. The van der Waals surface area contributed by atoms with Gasteiger partial charge in [0.1, 0.15) is 5.54 Å². The average molecular weight is 374 g/mol. The summed E-state index contributed by atoms with van der Waals surface area (Å²) < 4.78 is 5.05. The van der Waals surface area contributed by atoms with E-state index >= 15 is 0 Å². The van der Waals surface area contributed by atoms with Crippen molar-refractivity contribution in [3.05, 3.63) is 51.2 Å². The van der Waals surface area contributed by atoms with Gasteiger partial charge in [-0.25, -0.2) is 4.79 Å². The summed E-state index contributed by atoms with van der Waals surface area (Å²) in [6, 6.07) is 3.08. The number of hydrogen-bond donors (Lipinski definition) is 2. The quantitative estimate of drug-likeness (QED) is 0.599. The summed E-state index contributed by atoms with van der Waals surface area (Å²) in [7, 11) is 0. The Hall–Kier alpha value is -3.30. The predicted octanol–water partition coefficient (Wildman–Crippen LogP) is 2.57. The summed E-state index contributed by atoms with van der Waals surface area (Å²) in [6.07, 6.45) is 3.90. The van der Waals surface area contributed by atoms with Crippen LogP contribution in [-0.2, 0) is 5.54 Å². The molecule has 1 aromatic carbocycles. The van der Waals surface area contributed by atoms with Gasteiger partial charge in [0.25, 0.3) is 11.6 Å². The minimum absolute atomic E-state index is 0.105. The van der Waals surface area contributed by atoms with Gasteiger partial charge < -0.3 is 14.9 Å². The van der Waals surface area contributed by atoms with Crippen molar-refractivity contribution in [1.82, 2.24) is 15.5 Å². The van der Waals surface area contributed by atoms with Gasteiger partial charge in [-0.2, -0.15) is 4.98 Å². The number of carboxylic acids is 1. The van der Waals surface area contributed by atoms with E-state index in [2.05, 4.69) is 15.5 Å². The van der Waals surface area contributed by atoms with E-state index in [0.29, 0.717) is 24.6 Å². The third-order valence-electron chi connectivity index (χ3n) is 4.65. The molecule has 27 heavy (non-hydrogen) atoms. The van der Waals surface area contributed by atoms with Crippen LogP contribution in [0, 0.1) is 17.0 Å². The van der Waals surface area contributed by atoms with Crippen molar-refractivity contribution >= 4 is 17.6 Å². The summed E-state index contributed by atoms with van der Waals surface area (Å²) in [6.45, 7) is 1.65. The molecule has 1 aromatic heterocycles. The van der Waals surface area contributed by atoms with Gasteiger partial charge in [0.05, 0.1) is 10.5 Å². The van der Waals surface area contributed by atoms with Crippen molar-refractivity contribution < 1.29 is 24.1 Å². The van der Waals surface area contributed by atoms with Crippen LogP contribution in [0.3, 0.4) is 0 Å². The van der Waals surface area contributed by atoms with Crippen LogP contribution < -0.4 is 5.32 Å². The highest BCUT2D eigenvalue weighted by molar-refractivity contribution is 5.98. The van der Waals surface area contributed by atoms with Crippen LogP contribution in [0.5, 0.6) is 0 Å². The first kappa shape index (κ1) is 18.5. The molecule has 0 saturated heterocycles. The molecule has 0 bridgehead atoms. The molecule has 0 aliphatic heterocycles. The first-order valence-corrected chi connectivity index (χ1v) is 8.47. The van der Waals surface area contributed by atoms with Crippen molar-refractivity contribution in [3.8, 4) is 0 Å². The number of carbonyl (C=O) groups is 2. The third-order valence-corrected chi connectivity index (χ3v) is 4.65. The molecule has 1 saturated carbocycles. The average Bonchev–Trinajstić information content (AvgIpc) is 3.09. The molecule has 1 aliphatic rings. The number of rotatable bonds is 5. The number of carbonyl (C=O) groups excluding carboxylic acids is 1. The van der Waals surface area contributed by atoms with E-state index in [1.807, 2.05) is 0 Å². The van der Waals surface area contributed by atoms with Crippen LogP contribution in [0.2, 0.25) is 0 Å². The van der Waals surface area contributed by atoms with E-state index in [-0.39, 0.29) is 11.1 Å². The van der Waals surface area contributed by atoms with Crippen LogP contribution >= 0.6 is 0 Å². The minimum atomic E-state index is -1.35. The molecular weight excluding hydrogens is 356 g/mol. The number of nitrogens with zero attached hydrogens (tertiary/aromatic N) is 3. The fourth-order valence-corrected chi connectivity index (χ4v) is 3.31. The number of hydrogen-bond acceptors (Lipinski definition) is 7. The van der Waals surface area contributed by atoms with Gasteiger partial charge >= 0.3 is 5.97 Å². The van der Waals surface area contributed by atoms with Crippen LogP contribution in [0.25, 0.3) is 0 Å². The topological polar surface area (TPSA) is 148 Å². The van der Waals surface area contributed by atoms with E-state index in [1.165, 1.54) is 0 Å². The Kier molecular flexibility index (Phi) is 4.89. The van der Waals surface area contributed by atoms with Crippen molar-refractivity contribution in [2.45, 2.75) is 44.6 Å². The number of nitro benzene ring substituents is 1. The number of amides is 1. The molecule has 1 heterocycles. The van der Waals surface area contributed by atoms with Gasteiger partial charge in [0.2, 0.25) is 5.89 Å². The van der Waals surface area contributed by atoms with Crippen molar-refractivity contribution in [2.75, 3.05) is 0 Å². The minimum Gasteiger partial charge on any atom is -0.478 e. The highest BCUT2D eigenvalue weighted by Crippen LogP contribution is 2.36. The lowest BCUT2D eigenvalue weighted by atomic mass is 9.80. The fourth-order valence-electron chi connectivity index (χ4n) is 3.31. The Labute approximate surface area is 153 Å². The molecule has 2 N–H and O–H groups in total. The molecule has 142 valence electrons. The molecule has 0 spiro atoms. The van der Waals surface area contributed by atoms with Crippen LogP contribution in [0.15, 0.2) is 22.7 Å². The zero-order chi connectivity index (χ0) is 19.6. The Balaban J connectivity index is 1.97. The highest BCUT2D eigenvalue weighted by Gasteiger charge is 2.40. The number of nitro groups is 1. The van der Waals surface area contributed by atoms with Crippen molar-refractivity contribution in [2.24, 2.45) is 0 Å². The lowest BCUT2D eigenvalue weighted by Crippen LogP contribution is -2.48. The molecule has 1 fully saturated rings. The number of nitrogens with one attached hydrogen (secondary N) is 1. The summed E-state index contributed by atoms with van der Waals surface area (Å²) in [4.78, 5) is 38.7. The number of aromatic nitrogens is 2. The molecule has 10 heteroatoms. The molecule has 0 radical (unpaired) electrons. The van der Waals surface area contributed by atoms with Gasteiger partial charge in [-0.1, -0.05) is 24.4 Å². The monoisotopic (exact) mass is 374 g/mol. The second kappa shape index (κ2) is 7.14. The maximum atomic E-state index is 12.8. The van der Waals surface area contributed by atoms with Gasteiger partial charge in [0, 0.05) is 24.6 Å². The number of aromatic carboxylic acids is 1. The number of carboxylic acid groups (broad SMARTS) is 1. The molecule has 1 amide bonds. The van der Waals surface area contributed by atoms with E-state index in [0.717, 1.165) is 37.5 Å². The summed E-state index contributed by atoms with van der Waals surface area (Å²) in [5, 5.41) is 27.1. The van der Waals surface area contributed by atoms with Gasteiger partial charge in [0.15, 0.2) is 5.82 Å². The summed E-state index contributed by atoms with van der Waals surface area (Å²) in [5.41, 5.74) is -1.75. The normalized spacial score (nSPS) is 15.9. The highest BCUT2D eigenvalue weighted by atomic mass is 16.6. The van der Waals surface area contributed by atoms with Gasteiger partial charge in [-0.15, -0.1) is 0 Å². The maximum Gasteiger partial charge on any atom is 0.335 e. The molecular formula is C17H18N4O6. The lowest BCUT2D eigenvalue weighted by Gasteiger charge is -2.35. The molecule has 3 rings (SSSR count). The van der Waals surface area contributed by atoms with Crippen molar-refractivity contribution in [3.63, 3.8) is 0 Å². The predicted molar refractivity (Wildman–Crippen MR) is 91.3 cm³/mol. The van der Waals surface area contributed by atoms with E-state index in [1.54, 1.807) is 6.92 Å². The second-order valence-corrected chi connectivity index (χ2v) is 6.56. The van der Waals surface area contributed by atoms with Crippen molar-refractivity contribution in [1.29, 1.82) is 0 Å². The smallest absolute Gasteiger partial charge is 0.335 e. The largest absolute Gasteiger partial charge is 0.478 e. The Morgan fingerprint density at radius 1 is 1.22 bits per heavy atom. The molecule has 2 aromatic rings. The Bertz CT molecular complexity index is 868. The number of non-ortho nitro benzene ring substituents is 1. The fraction of sp³-hybridized carbons (Fsp3) is 0.412. The van der Waals surface area contributed by atoms with Gasteiger partial charge in [-0.05, 0) is 18.9 Å². The van der Waals surface area contributed by atoms with Crippen LogP contribution in [0.1, 0.15) is 64.5 Å². The SMILES string of the molecule is Cc1nc(C2(NC(=O)c3cc(C(=O)O)cc([N+](=O)[O-])c3)CCCCC2)no1. The first-order chi connectivity index (χ1) is 12.8. The molecule has 1 aliphatic carbocycles. The second-order valence-electron chi connectivity index (χ2n) is 6.56. The van der Waals surface area contributed by atoms with E-state index in [9.17, 15) is 19.7 Å².